The molecule has 0 saturated heterocycles. The molecule has 0 unspecified atom stereocenters. The van der Waals surface area contributed by atoms with Gasteiger partial charge in [-0.1, -0.05) is 45.4 Å². The first-order chi connectivity index (χ1) is 15.9. The Hall–Kier alpha value is -2.34. The summed E-state index contributed by atoms with van der Waals surface area (Å²) in [6.45, 7) is 11.5. The van der Waals surface area contributed by atoms with Gasteiger partial charge in [-0.3, -0.25) is 14.4 Å². The van der Waals surface area contributed by atoms with E-state index in [1.165, 1.54) is 0 Å². The lowest BCUT2D eigenvalue weighted by Gasteiger charge is -2.45. The van der Waals surface area contributed by atoms with Gasteiger partial charge in [0.05, 0.1) is 10.6 Å². The average Bonchev–Trinajstić information content (AvgIpc) is 2.79. The highest BCUT2D eigenvalue weighted by atomic mass is 35.5. The smallest absolute Gasteiger partial charge is 0.306 e. The van der Waals surface area contributed by atoms with Crippen molar-refractivity contribution in [3.63, 3.8) is 0 Å². The van der Waals surface area contributed by atoms with Crippen LogP contribution in [0.5, 0.6) is 11.5 Å². The molecule has 2 rings (SSSR count). The van der Waals surface area contributed by atoms with Crippen molar-refractivity contribution in [3.8, 4) is 11.5 Å². The van der Waals surface area contributed by atoms with E-state index in [0.717, 1.165) is 12.0 Å². The number of carbonyl (C=O) groups is 3. The minimum atomic E-state index is -0.560. The van der Waals surface area contributed by atoms with E-state index in [2.05, 4.69) is 13.8 Å². The number of halogens is 1. The lowest BCUT2D eigenvalue weighted by atomic mass is 9.59. The number of phenols is 2. The van der Waals surface area contributed by atoms with Crippen molar-refractivity contribution in [3.05, 3.63) is 33.4 Å². The number of phenolic OH excluding ortho intramolecular Hbond substituents is 2. The molecule has 0 amide bonds. The fraction of sp³-hybridized carbons (Fsp3) is 0.593. The van der Waals surface area contributed by atoms with Crippen LogP contribution in [0, 0.1) is 24.2 Å². The van der Waals surface area contributed by atoms with E-state index in [1.54, 1.807) is 13.0 Å². The summed E-state index contributed by atoms with van der Waals surface area (Å²) < 4.78 is 5.86. The molecule has 0 aromatic heterocycles. The number of allylic oxidation sites excluding steroid dienone is 1. The van der Waals surface area contributed by atoms with E-state index in [1.807, 2.05) is 20.8 Å². The molecule has 0 aliphatic heterocycles. The van der Waals surface area contributed by atoms with Crippen LogP contribution in [-0.2, 0) is 20.7 Å². The summed E-state index contributed by atoms with van der Waals surface area (Å²) in [6, 6.07) is 0. The van der Waals surface area contributed by atoms with Gasteiger partial charge >= 0.3 is 5.97 Å². The number of aldehydes is 1. The summed E-state index contributed by atoms with van der Waals surface area (Å²) in [4.78, 5) is 36.4. The molecule has 2 N–H and O–H groups in total. The summed E-state index contributed by atoms with van der Waals surface area (Å²) in [5.41, 5.74) is 0.873. The van der Waals surface area contributed by atoms with Crippen LogP contribution in [0.3, 0.4) is 0 Å². The van der Waals surface area contributed by atoms with Gasteiger partial charge < -0.3 is 14.9 Å². The predicted octanol–water partition coefficient (Wildman–Crippen LogP) is 6.10. The first kappa shape index (κ1) is 27.9. The number of ether oxygens (including phenoxy) is 1. The van der Waals surface area contributed by atoms with Crippen LogP contribution in [0.2, 0.25) is 5.02 Å². The highest BCUT2D eigenvalue weighted by Crippen LogP contribution is 2.48. The Labute approximate surface area is 207 Å². The van der Waals surface area contributed by atoms with E-state index in [4.69, 9.17) is 16.3 Å². The second kappa shape index (κ2) is 11.4. The number of hydrogen-bond acceptors (Lipinski definition) is 6. The van der Waals surface area contributed by atoms with Crippen molar-refractivity contribution in [2.75, 3.05) is 0 Å². The van der Waals surface area contributed by atoms with Crippen LogP contribution >= 0.6 is 11.6 Å². The lowest BCUT2D eigenvalue weighted by Crippen LogP contribution is -2.44. The maximum Gasteiger partial charge on any atom is 0.306 e. The Morgan fingerprint density at radius 1 is 1.29 bits per heavy atom. The Bertz CT molecular complexity index is 982. The molecule has 0 radical (unpaired) electrons. The highest BCUT2D eigenvalue weighted by molar-refractivity contribution is 6.33. The summed E-state index contributed by atoms with van der Waals surface area (Å²) in [5, 5.41) is 21.0. The maximum absolute atomic E-state index is 12.5. The minimum Gasteiger partial charge on any atom is -0.507 e. The topological polar surface area (TPSA) is 101 Å². The molecule has 1 saturated carbocycles. The van der Waals surface area contributed by atoms with Gasteiger partial charge in [-0.05, 0) is 62.0 Å². The first-order valence-corrected chi connectivity index (χ1v) is 12.3. The SMILES string of the molecule is CCCC(=O)O[C@H](C[C@@]1(C)[C@H](C)CCC(=O)[C@@H]1C)/C(C)=C/Cc1c(O)c(Cl)c(C)c(C=O)c1O. The monoisotopic (exact) mass is 492 g/mol. The zero-order valence-electron chi connectivity index (χ0n) is 21.0. The van der Waals surface area contributed by atoms with Crippen LogP contribution in [0.1, 0.15) is 88.2 Å². The summed E-state index contributed by atoms with van der Waals surface area (Å²) in [5.74, 6) is -0.553. The lowest BCUT2D eigenvalue weighted by molar-refractivity contribution is -0.150. The molecule has 1 aliphatic carbocycles. The van der Waals surface area contributed by atoms with Gasteiger partial charge in [-0.25, -0.2) is 0 Å². The van der Waals surface area contributed by atoms with E-state index < -0.39 is 6.10 Å². The van der Waals surface area contributed by atoms with Crippen molar-refractivity contribution in [2.24, 2.45) is 17.3 Å². The molecule has 7 heteroatoms. The molecule has 1 aliphatic rings. The Balaban J connectivity index is 2.42. The van der Waals surface area contributed by atoms with Crippen LogP contribution < -0.4 is 0 Å². The average molecular weight is 493 g/mol. The third-order valence-corrected chi connectivity index (χ3v) is 8.26. The van der Waals surface area contributed by atoms with Crippen molar-refractivity contribution in [1.82, 2.24) is 0 Å². The quantitative estimate of drug-likeness (QED) is 0.245. The molecular weight excluding hydrogens is 456 g/mol. The van der Waals surface area contributed by atoms with Crippen LogP contribution in [0.25, 0.3) is 0 Å². The molecule has 0 bridgehead atoms. The zero-order chi connectivity index (χ0) is 25.8. The Morgan fingerprint density at radius 2 is 1.94 bits per heavy atom. The van der Waals surface area contributed by atoms with Crippen molar-refractivity contribution in [2.45, 2.75) is 86.2 Å². The van der Waals surface area contributed by atoms with Crippen LogP contribution in [0.15, 0.2) is 11.6 Å². The third-order valence-electron chi connectivity index (χ3n) is 7.80. The number of hydrogen-bond donors (Lipinski definition) is 2. The van der Waals surface area contributed by atoms with Crippen molar-refractivity contribution in [1.29, 1.82) is 0 Å². The standard InChI is InChI=1S/C27H37ClO6/c1-7-8-23(31)34-22(13-27(6)16(3)10-12-21(30)18(27)5)15(2)9-11-19-25(32)20(14-29)17(4)24(28)26(19)33/h9,14,16,18,22,32-33H,7-8,10-13H2,1-6H3/b15-9+/t16-,18+,22-,27+/m1/s1. The van der Waals surface area contributed by atoms with Crippen molar-refractivity contribution < 1.29 is 29.3 Å². The Kier molecular flexibility index (Phi) is 9.35. The number of esters is 1. The van der Waals surface area contributed by atoms with E-state index >= 15 is 0 Å². The van der Waals surface area contributed by atoms with E-state index in [9.17, 15) is 24.6 Å². The fourth-order valence-electron chi connectivity index (χ4n) is 4.81. The third kappa shape index (κ3) is 5.65. The second-order valence-electron chi connectivity index (χ2n) is 9.86. The molecule has 1 aromatic rings. The maximum atomic E-state index is 12.5. The molecule has 0 heterocycles. The number of benzene rings is 1. The van der Waals surface area contributed by atoms with E-state index in [-0.39, 0.29) is 63.1 Å². The van der Waals surface area contributed by atoms with Gasteiger partial charge in [0.2, 0.25) is 0 Å². The van der Waals surface area contributed by atoms with Crippen molar-refractivity contribution >= 4 is 29.6 Å². The number of Topliss-reactive ketones (excluding diaryl/α,β-unsaturated/α-hetero) is 1. The van der Waals surface area contributed by atoms with Gasteiger partial charge in [-0.2, -0.15) is 0 Å². The van der Waals surface area contributed by atoms with Gasteiger partial charge in [0.15, 0.2) is 6.29 Å². The fourth-order valence-corrected chi connectivity index (χ4v) is 5.02. The number of rotatable bonds is 9. The molecule has 4 atom stereocenters. The Morgan fingerprint density at radius 3 is 2.53 bits per heavy atom. The molecule has 6 nitrogen and oxygen atoms in total. The summed E-state index contributed by atoms with van der Waals surface area (Å²) >= 11 is 6.17. The van der Waals surface area contributed by atoms with Gasteiger partial charge in [0.1, 0.15) is 23.4 Å². The number of carbonyl (C=O) groups excluding carboxylic acids is 3. The normalized spacial score (nSPS) is 24.1. The molecule has 34 heavy (non-hydrogen) atoms. The van der Waals surface area contributed by atoms with Gasteiger partial charge in [0, 0.05) is 24.3 Å². The molecular formula is C27H37ClO6. The summed E-state index contributed by atoms with van der Waals surface area (Å²) in [7, 11) is 0. The van der Waals surface area contributed by atoms with Crippen LogP contribution in [0.4, 0.5) is 0 Å². The molecule has 1 fully saturated rings. The minimum absolute atomic E-state index is 0.0164. The highest BCUT2D eigenvalue weighted by Gasteiger charge is 2.45. The first-order valence-electron chi connectivity index (χ1n) is 12.0. The largest absolute Gasteiger partial charge is 0.507 e. The summed E-state index contributed by atoms with van der Waals surface area (Å²) in [6.07, 6.45) is 4.62. The molecule has 1 aromatic carbocycles. The number of aromatic hydroxyl groups is 2. The molecule has 188 valence electrons. The molecule has 0 spiro atoms. The predicted molar refractivity (Wildman–Crippen MR) is 132 cm³/mol. The second-order valence-corrected chi connectivity index (χ2v) is 10.2. The number of ketones is 1. The van der Waals surface area contributed by atoms with Gasteiger partial charge in [0.25, 0.3) is 0 Å². The van der Waals surface area contributed by atoms with E-state index in [0.29, 0.717) is 37.5 Å². The van der Waals surface area contributed by atoms with Gasteiger partial charge in [-0.15, -0.1) is 0 Å². The zero-order valence-corrected chi connectivity index (χ0v) is 21.8. The van der Waals surface area contributed by atoms with Crippen LogP contribution in [-0.4, -0.2) is 34.4 Å².